The Morgan fingerprint density at radius 2 is 2.05 bits per heavy atom. The van der Waals surface area contributed by atoms with Crippen LogP contribution in [0.5, 0.6) is 0 Å². The summed E-state index contributed by atoms with van der Waals surface area (Å²) in [7, 11) is 0. The number of amides is 2. The maximum absolute atomic E-state index is 11.6. The van der Waals surface area contributed by atoms with Gasteiger partial charge in [-0.2, -0.15) is 0 Å². The third kappa shape index (κ3) is 4.26. The van der Waals surface area contributed by atoms with E-state index in [1.807, 2.05) is 6.07 Å². The van der Waals surface area contributed by atoms with Crippen molar-refractivity contribution in [3.63, 3.8) is 0 Å². The van der Waals surface area contributed by atoms with E-state index in [1.54, 1.807) is 13.0 Å². The van der Waals surface area contributed by atoms with Crippen molar-refractivity contribution in [3.05, 3.63) is 33.7 Å². The zero-order valence-corrected chi connectivity index (χ0v) is 13.0. The van der Waals surface area contributed by atoms with Gasteiger partial charge >= 0.3 is 11.8 Å². The van der Waals surface area contributed by atoms with Crippen molar-refractivity contribution >= 4 is 34.8 Å². The molecule has 7 nitrogen and oxygen atoms in total. The second kappa shape index (κ2) is 6.99. The van der Waals surface area contributed by atoms with E-state index < -0.39 is 11.8 Å². The smallest absolute Gasteiger partial charge is 0.314 e. The van der Waals surface area contributed by atoms with Gasteiger partial charge in [-0.15, -0.1) is 11.3 Å². The molecular formula is C14H15N3O4S. The van der Waals surface area contributed by atoms with Crippen LogP contribution in [0.2, 0.25) is 0 Å². The van der Waals surface area contributed by atoms with Crippen LogP contribution < -0.4 is 10.6 Å². The molecule has 0 atom stereocenters. The number of nitrogens with zero attached hydrogens (tertiary/aromatic N) is 1. The van der Waals surface area contributed by atoms with Gasteiger partial charge in [-0.1, -0.05) is 5.16 Å². The number of hydrogen-bond donors (Lipinski definition) is 2. The van der Waals surface area contributed by atoms with E-state index >= 15 is 0 Å². The van der Waals surface area contributed by atoms with Crippen LogP contribution in [0.3, 0.4) is 0 Å². The molecule has 0 radical (unpaired) electrons. The lowest BCUT2D eigenvalue weighted by Gasteiger charge is -2.03. The van der Waals surface area contributed by atoms with Crippen molar-refractivity contribution < 1.29 is 18.9 Å². The number of aromatic nitrogens is 1. The monoisotopic (exact) mass is 321 g/mol. The number of carbonyl (C=O) groups excluding carboxylic acids is 3. The molecule has 0 bridgehead atoms. The van der Waals surface area contributed by atoms with E-state index in [0.717, 1.165) is 4.88 Å². The molecular weight excluding hydrogens is 306 g/mol. The van der Waals surface area contributed by atoms with Crippen molar-refractivity contribution in [2.24, 2.45) is 0 Å². The average molecular weight is 321 g/mol. The van der Waals surface area contributed by atoms with Crippen LogP contribution in [0.4, 0.5) is 5.82 Å². The number of carbonyl (C=O) groups is 3. The SMILES string of the molecule is CC(=O)c1ccc(CCNC(=O)C(=O)Nc2cc(C)on2)s1. The van der Waals surface area contributed by atoms with Gasteiger partial charge in [0, 0.05) is 17.5 Å². The van der Waals surface area contributed by atoms with Crippen LogP contribution in [-0.2, 0) is 16.0 Å². The lowest BCUT2D eigenvalue weighted by Crippen LogP contribution is -2.36. The molecule has 22 heavy (non-hydrogen) atoms. The Hall–Kier alpha value is -2.48. The molecule has 0 fully saturated rings. The minimum Gasteiger partial charge on any atom is -0.360 e. The Labute approximate surface area is 130 Å². The number of ketones is 1. The fraction of sp³-hybridized carbons (Fsp3) is 0.286. The fourth-order valence-corrected chi connectivity index (χ4v) is 2.58. The molecule has 8 heteroatoms. The van der Waals surface area contributed by atoms with Crippen molar-refractivity contribution in [1.29, 1.82) is 0 Å². The standard InChI is InChI=1S/C14H15N3O4S/c1-8-7-12(17-21-8)16-14(20)13(19)15-6-5-10-3-4-11(22-10)9(2)18/h3-4,7H,5-6H2,1-2H3,(H,15,19)(H,16,17,20). The van der Waals surface area contributed by atoms with Crippen LogP contribution in [0, 0.1) is 6.92 Å². The minimum atomic E-state index is -0.802. The van der Waals surface area contributed by atoms with Crippen molar-refractivity contribution in [2.45, 2.75) is 20.3 Å². The molecule has 0 aromatic carbocycles. The summed E-state index contributed by atoms with van der Waals surface area (Å²) in [6.07, 6.45) is 0.556. The average Bonchev–Trinajstić information content (AvgIpc) is 3.08. The van der Waals surface area contributed by atoms with Gasteiger partial charge in [-0.3, -0.25) is 19.7 Å². The van der Waals surface area contributed by atoms with E-state index in [4.69, 9.17) is 4.52 Å². The Morgan fingerprint density at radius 3 is 2.64 bits per heavy atom. The van der Waals surface area contributed by atoms with Crippen molar-refractivity contribution in [3.8, 4) is 0 Å². The second-order valence-corrected chi connectivity index (χ2v) is 5.77. The fourth-order valence-electron chi connectivity index (χ4n) is 1.68. The normalized spacial score (nSPS) is 10.3. The molecule has 0 unspecified atom stereocenters. The summed E-state index contributed by atoms with van der Waals surface area (Å²) >= 11 is 1.38. The van der Waals surface area contributed by atoms with E-state index in [2.05, 4.69) is 15.8 Å². The largest absolute Gasteiger partial charge is 0.360 e. The Bertz CT molecular complexity index is 705. The van der Waals surface area contributed by atoms with Crippen molar-refractivity contribution in [2.75, 3.05) is 11.9 Å². The highest BCUT2D eigenvalue weighted by Gasteiger charge is 2.15. The highest BCUT2D eigenvalue weighted by Crippen LogP contribution is 2.17. The number of hydrogen-bond acceptors (Lipinski definition) is 6. The maximum Gasteiger partial charge on any atom is 0.314 e. The van der Waals surface area contributed by atoms with E-state index in [9.17, 15) is 14.4 Å². The van der Waals surface area contributed by atoms with Gasteiger partial charge in [0.1, 0.15) is 5.76 Å². The van der Waals surface area contributed by atoms with E-state index in [0.29, 0.717) is 23.6 Å². The number of anilines is 1. The Kier molecular flexibility index (Phi) is 5.05. The molecule has 0 aliphatic rings. The number of thiophene rings is 1. The van der Waals surface area contributed by atoms with E-state index in [-0.39, 0.29) is 11.6 Å². The molecule has 2 aromatic heterocycles. The molecule has 2 rings (SSSR count). The number of aryl methyl sites for hydroxylation is 1. The summed E-state index contributed by atoms with van der Waals surface area (Å²) in [6.45, 7) is 3.49. The summed E-state index contributed by atoms with van der Waals surface area (Å²) in [6, 6.07) is 5.11. The predicted octanol–water partition coefficient (Wildman–Crippen LogP) is 1.54. The quantitative estimate of drug-likeness (QED) is 0.642. The number of Topliss-reactive ketones (excluding diaryl/α,β-unsaturated/α-hetero) is 1. The van der Waals surface area contributed by atoms with Crippen LogP contribution in [0.15, 0.2) is 22.7 Å². The topological polar surface area (TPSA) is 101 Å². The van der Waals surface area contributed by atoms with Gasteiger partial charge in [0.2, 0.25) is 0 Å². The van der Waals surface area contributed by atoms with Gasteiger partial charge < -0.3 is 9.84 Å². The Balaban J connectivity index is 1.77. The summed E-state index contributed by atoms with van der Waals surface area (Å²) < 4.78 is 4.78. The molecule has 0 saturated carbocycles. The van der Waals surface area contributed by atoms with Gasteiger partial charge in [-0.05, 0) is 32.4 Å². The number of nitrogens with one attached hydrogen (secondary N) is 2. The Morgan fingerprint density at radius 1 is 1.27 bits per heavy atom. The molecule has 0 aliphatic carbocycles. The molecule has 2 heterocycles. The molecule has 116 valence electrons. The van der Waals surface area contributed by atoms with Gasteiger partial charge in [-0.25, -0.2) is 0 Å². The molecule has 2 aromatic rings. The summed E-state index contributed by atoms with van der Waals surface area (Å²) in [5.41, 5.74) is 0. The first-order valence-electron chi connectivity index (χ1n) is 6.58. The molecule has 2 N–H and O–H groups in total. The van der Waals surface area contributed by atoms with Crippen LogP contribution in [0.1, 0.15) is 27.2 Å². The zero-order chi connectivity index (χ0) is 16.1. The second-order valence-electron chi connectivity index (χ2n) is 4.60. The van der Waals surface area contributed by atoms with Gasteiger partial charge in [0.05, 0.1) is 4.88 Å². The third-order valence-electron chi connectivity index (χ3n) is 2.74. The molecule has 0 spiro atoms. The van der Waals surface area contributed by atoms with Crippen LogP contribution >= 0.6 is 11.3 Å². The van der Waals surface area contributed by atoms with Gasteiger partial charge in [0.15, 0.2) is 11.6 Å². The first-order valence-corrected chi connectivity index (χ1v) is 7.39. The molecule has 2 amide bonds. The molecule has 0 saturated heterocycles. The maximum atomic E-state index is 11.6. The highest BCUT2D eigenvalue weighted by molar-refractivity contribution is 7.14. The summed E-state index contributed by atoms with van der Waals surface area (Å²) in [4.78, 5) is 36.1. The summed E-state index contributed by atoms with van der Waals surface area (Å²) in [5, 5.41) is 8.41. The highest BCUT2D eigenvalue weighted by atomic mass is 32.1. The minimum absolute atomic E-state index is 0.0163. The van der Waals surface area contributed by atoms with Crippen LogP contribution in [0.25, 0.3) is 0 Å². The number of rotatable bonds is 5. The summed E-state index contributed by atoms with van der Waals surface area (Å²) in [5.74, 6) is -0.799. The predicted molar refractivity (Wildman–Crippen MR) is 80.9 cm³/mol. The third-order valence-corrected chi connectivity index (χ3v) is 3.99. The van der Waals surface area contributed by atoms with Crippen LogP contribution in [-0.4, -0.2) is 29.3 Å². The van der Waals surface area contributed by atoms with E-state index in [1.165, 1.54) is 24.3 Å². The zero-order valence-electron chi connectivity index (χ0n) is 12.1. The first kappa shape index (κ1) is 15.9. The first-order chi connectivity index (χ1) is 10.5. The lowest BCUT2D eigenvalue weighted by molar-refractivity contribution is -0.136. The van der Waals surface area contributed by atoms with Gasteiger partial charge in [0.25, 0.3) is 0 Å². The van der Waals surface area contributed by atoms with Crippen molar-refractivity contribution in [1.82, 2.24) is 10.5 Å². The molecule has 0 aliphatic heterocycles. The lowest BCUT2D eigenvalue weighted by atomic mass is 10.3.